The summed E-state index contributed by atoms with van der Waals surface area (Å²) in [5.74, 6) is -0.293. The van der Waals surface area contributed by atoms with Crippen molar-refractivity contribution >= 4 is 18.3 Å². The average Bonchev–Trinajstić information content (AvgIpc) is 3.24. The number of carbonyl (C=O) groups is 1. The molecular weight excluding hydrogens is 347 g/mol. The monoisotopic (exact) mass is 366 g/mol. The van der Waals surface area contributed by atoms with Crippen LogP contribution in [0.15, 0.2) is 30.5 Å². The summed E-state index contributed by atoms with van der Waals surface area (Å²) in [4.78, 5) is 14.4. The number of fused-ring (bicyclic) bond motifs is 1. The fourth-order valence-electron chi connectivity index (χ4n) is 3.90. The number of aromatic hydroxyl groups is 1. The van der Waals surface area contributed by atoms with Crippen LogP contribution in [0.2, 0.25) is 0 Å². The summed E-state index contributed by atoms with van der Waals surface area (Å²) >= 11 is 0. The highest BCUT2D eigenvalue weighted by atomic mass is 35.5. The molecule has 0 radical (unpaired) electrons. The molecule has 1 amide bonds. The third-order valence-electron chi connectivity index (χ3n) is 5.20. The maximum Gasteiger partial charge on any atom is 0.278 e. The number of nitrogens with zero attached hydrogens (tertiary/aromatic N) is 3. The standard InChI is InChI=1S/C17H19FN4O2.ClH/c18-12-3-1-2-4-14(12)22-9-15(23)16(20-22)17(24)21-7-10-5-6-13(19)11(10)8-21;/h1-4,9-11,13,23H,5-8,19H2;1H. The van der Waals surface area contributed by atoms with E-state index in [1.165, 1.54) is 23.0 Å². The Kier molecular flexibility index (Phi) is 4.71. The third-order valence-corrected chi connectivity index (χ3v) is 5.20. The first-order valence-corrected chi connectivity index (χ1v) is 8.13. The number of aromatic nitrogens is 2. The van der Waals surface area contributed by atoms with Gasteiger partial charge in [0.1, 0.15) is 11.5 Å². The van der Waals surface area contributed by atoms with Crippen LogP contribution in [0.5, 0.6) is 5.75 Å². The van der Waals surface area contributed by atoms with Crippen molar-refractivity contribution in [2.45, 2.75) is 18.9 Å². The molecule has 2 heterocycles. The second kappa shape index (κ2) is 6.65. The van der Waals surface area contributed by atoms with Crippen LogP contribution < -0.4 is 5.73 Å². The highest BCUT2D eigenvalue weighted by Crippen LogP contribution is 2.38. The Morgan fingerprint density at radius 1 is 1.28 bits per heavy atom. The Balaban J connectivity index is 0.00000182. The Morgan fingerprint density at radius 3 is 2.76 bits per heavy atom. The lowest BCUT2D eigenvalue weighted by molar-refractivity contribution is 0.0770. The molecule has 1 aromatic heterocycles. The summed E-state index contributed by atoms with van der Waals surface area (Å²) in [6, 6.07) is 6.22. The second-order valence-corrected chi connectivity index (χ2v) is 6.63. The zero-order valence-electron chi connectivity index (χ0n) is 13.5. The number of nitrogens with two attached hydrogens (primary N) is 1. The number of rotatable bonds is 2. The van der Waals surface area contributed by atoms with Gasteiger partial charge in [-0.2, -0.15) is 5.10 Å². The van der Waals surface area contributed by atoms with Gasteiger partial charge in [0.25, 0.3) is 5.91 Å². The normalized spacial score (nSPS) is 24.9. The highest BCUT2D eigenvalue weighted by molar-refractivity contribution is 5.95. The van der Waals surface area contributed by atoms with Gasteiger partial charge in [0, 0.05) is 19.1 Å². The van der Waals surface area contributed by atoms with Gasteiger partial charge in [-0.15, -0.1) is 12.4 Å². The molecule has 0 spiro atoms. The average molecular weight is 367 g/mol. The minimum absolute atomic E-state index is 0. The molecule has 1 saturated heterocycles. The van der Waals surface area contributed by atoms with Gasteiger partial charge in [0.2, 0.25) is 0 Å². The topological polar surface area (TPSA) is 84.4 Å². The number of amides is 1. The number of para-hydroxylation sites is 1. The van der Waals surface area contributed by atoms with Crippen molar-refractivity contribution in [1.29, 1.82) is 0 Å². The first-order valence-electron chi connectivity index (χ1n) is 8.13. The van der Waals surface area contributed by atoms with Gasteiger partial charge in [-0.3, -0.25) is 4.79 Å². The second-order valence-electron chi connectivity index (χ2n) is 6.63. The molecule has 1 aliphatic carbocycles. The summed E-state index contributed by atoms with van der Waals surface area (Å²) in [7, 11) is 0. The van der Waals surface area contributed by atoms with Gasteiger partial charge >= 0.3 is 0 Å². The lowest BCUT2D eigenvalue weighted by atomic mass is 9.98. The SMILES string of the molecule is Cl.NC1CCC2CN(C(=O)c3nn(-c4ccccc4F)cc3O)CC12. The molecule has 2 aromatic rings. The molecule has 134 valence electrons. The van der Waals surface area contributed by atoms with Crippen LogP contribution in [0, 0.1) is 17.7 Å². The van der Waals surface area contributed by atoms with Crippen LogP contribution in [0.25, 0.3) is 5.69 Å². The Morgan fingerprint density at radius 2 is 2.04 bits per heavy atom. The summed E-state index contributed by atoms with van der Waals surface area (Å²) in [6.45, 7) is 1.24. The van der Waals surface area contributed by atoms with E-state index in [1.807, 2.05) is 0 Å². The molecule has 3 atom stereocenters. The van der Waals surface area contributed by atoms with Crippen LogP contribution in [0.1, 0.15) is 23.3 Å². The molecule has 3 unspecified atom stereocenters. The van der Waals surface area contributed by atoms with Crippen molar-refractivity contribution < 1.29 is 14.3 Å². The highest BCUT2D eigenvalue weighted by Gasteiger charge is 2.43. The van der Waals surface area contributed by atoms with Crippen LogP contribution in [0.3, 0.4) is 0 Å². The molecular formula is C17H20ClFN4O2. The van der Waals surface area contributed by atoms with E-state index in [4.69, 9.17) is 5.73 Å². The number of hydrogen-bond donors (Lipinski definition) is 2. The van der Waals surface area contributed by atoms with Gasteiger partial charge in [0.05, 0.1) is 6.20 Å². The molecule has 25 heavy (non-hydrogen) atoms. The Bertz CT molecular complexity index is 797. The van der Waals surface area contributed by atoms with Crippen molar-refractivity contribution in [2.24, 2.45) is 17.6 Å². The molecule has 2 fully saturated rings. The molecule has 2 aliphatic rings. The predicted octanol–water partition coefficient (Wildman–Crippen LogP) is 1.95. The summed E-state index contributed by atoms with van der Waals surface area (Å²) < 4.78 is 15.1. The van der Waals surface area contributed by atoms with Crippen molar-refractivity contribution in [3.8, 4) is 11.4 Å². The summed E-state index contributed by atoms with van der Waals surface area (Å²) in [5.41, 5.74) is 6.24. The molecule has 3 N–H and O–H groups in total. The van der Waals surface area contributed by atoms with E-state index in [-0.39, 0.29) is 41.5 Å². The van der Waals surface area contributed by atoms with E-state index in [0.29, 0.717) is 24.9 Å². The molecule has 0 bridgehead atoms. The molecule has 1 aliphatic heterocycles. The fourth-order valence-corrected chi connectivity index (χ4v) is 3.90. The van der Waals surface area contributed by atoms with Crippen LogP contribution in [-0.2, 0) is 0 Å². The smallest absolute Gasteiger partial charge is 0.278 e. The van der Waals surface area contributed by atoms with Crippen molar-refractivity contribution in [2.75, 3.05) is 13.1 Å². The van der Waals surface area contributed by atoms with Gasteiger partial charge in [-0.05, 0) is 36.8 Å². The summed E-state index contributed by atoms with van der Waals surface area (Å²) in [6.07, 6.45) is 3.30. The minimum atomic E-state index is -0.472. The molecule has 1 aromatic carbocycles. The maximum atomic E-state index is 13.9. The van der Waals surface area contributed by atoms with Crippen molar-refractivity contribution in [3.05, 3.63) is 42.0 Å². The molecule has 6 nitrogen and oxygen atoms in total. The number of hydrogen-bond acceptors (Lipinski definition) is 4. The number of carbonyl (C=O) groups excluding carboxylic acids is 1. The number of likely N-dealkylation sites (tertiary alicyclic amines) is 1. The minimum Gasteiger partial charge on any atom is -0.504 e. The first kappa shape index (κ1) is 17.7. The zero-order chi connectivity index (χ0) is 16.8. The van der Waals surface area contributed by atoms with Crippen molar-refractivity contribution in [1.82, 2.24) is 14.7 Å². The molecule has 1 saturated carbocycles. The largest absolute Gasteiger partial charge is 0.504 e. The summed E-state index contributed by atoms with van der Waals surface area (Å²) in [5, 5.41) is 14.2. The quantitative estimate of drug-likeness (QED) is 0.850. The van der Waals surface area contributed by atoms with Crippen molar-refractivity contribution in [3.63, 3.8) is 0 Å². The van der Waals surface area contributed by atoms with Crippen LogP contribution in [0.4, 0.5) is 4.39 Å². The lowest BCUT2D eigenvalue weighted by Gasteiger charge is -2.17. The van der Waals surface area contributed by atoms with Gasteiger partial charge in [0.15, 0.2) is 11.4 Å². The molecule has 8 heteroatoms. The maximum absolute atomic E-state index is 13.9. The van der Waals surface area contributed by atoms with Gasteiger partial charge in [-0.1, -0.05) is 12.1 Å². The van der Waals surface area contributed by atoms with E-state index < -0.39 is 5.82 Å². The Hall–Kier alpha value is -2.12. The zero-order valence-corrected chi connectivity index (χ0v) is 14.3. The number of halogens is 2. The lowest BCUT2D eigenvalue weighted by Crippen LogP contribution is -2.33. The number of benzene rings is 1. The van der Waals surface area contributed by atoms with E-state index in [2.05, 4.69) is 5.10 Å². The molecule has 4 rings (SSSR count). The predicted molar refractivity (Wildman–Crippen MR) is 92.5 cm³/mol. The third kappa shape index (κ3) is 2.98. The fraction of sp³-hybridized carbons (Fsp3) is 0.412. The van der Waals surface area contributed by atoms with Gasteiger partial charge < -0.3 is 15.7 Å². The van der Waals surface area contributed by atoms with Gasteiger partial charge in [-0.25, -0.2) is 9.07 Å². The van der Waals surface area contributed by atoms with E-state index in [9.17, 15) is 14.3 Å². The van der Waals surface area contributed by atoms with Crippen LogP contribution in [-0.4, -0.2) is 44.8 Å². The Labute approximate surface area is 150 Å². The van der Waals surface area contributed by atoms with E-state index in [0.717, 1.165) is 12.8 Å². The van der Waals surface area contributed by atoms with Crippen LogP contribution >= 0.6 is 12.4 Å². The van der Waals surface area contributed by atoms with E-state index in [1.54, 1.807) is 17.0 Å². The van der Waals surface area contributed by atoms with E-state index >= 15 is 0 Å². The first-order chi connectivity index (χ1) is 11.5.